The van der Waals surface area contributed by atoms with Crippen LogP contribution < -0.4 is 10.1 Å². The summed E-state index contributed by atoms with van der Waals surface area (Å²) in [6, 6.07) is 10.2. The number of halogens is 1. The average Bonchev–Trinajstić information content (AvgIpc) is 3.30. The average molecular weight is 419 g/mol. The lowest BCUT2D eigenvalue weighted by molar-refractivity contribution is -0.144. The zero-order valence-electron chi connectivity index (χ0n) is 17.0. The van der Waals surface area contributed by atoms with Crippen LogP contribution in [0.1, 0.15) is 31.2 Å². The SMILES string of the molecule is COc1ccccc1CC1CCN(C(=O)C2(n3cccn3)CCNCC2)CC1.Cl. The number of nitrogens with one attached hydrogen (secondary N) is 1. The Morgan fingerprint density at radius 2 is 1.93 bits per heavy atom. The van der Waals surface area contributed by atoms with Gasteiger partial charge in [0, 0.05) is 25.5 Å². The molecule has 1 N–H and O–H groups in total. The van der Waals surface area contributed by atoms with E-state index in [1.165, 1.54) is 5.56 Å². The van der Waals surface area contributed by atoms with Crippen LogP contribution in [0.5, 0.6) is 5.75 Å². The number of methoxy groups -OCH3 is 1. The van der Waals surface area contributed by atoms with Gasteiger partial charge in [0.15, 0.2) is 0 Å². The molecule has 29 heavy (non-hydrogen) atoms. The third-order valence-corrected chi connectivity index (χ3v) is 6.37. The number of benzene rings is 1. The van der Waals surface area contributed by atoms with Crippen LogP contribution in [0.25, 0.3) is 0 Å². The van der Waals surface area contributed by atoms with E-state index in [9.17, 15) is 4.79 Å². The number of aromatic nitrogens is 2. The van der Waals surface area contributed by atoms with Crippen molar-refractivity contribution in [3.63, 3.8) is 0 Å². The second kappa shape index (κ2) is 9.63. The number of nitrogens with zero attached hydrogens (tertiary/aromatic N) is 3. The minimum absolute atomic E-state index is 0. The van der Waals surface area contributed by atoms with Crippen molar-refractivity contribution in [2.24, 2.45) is 5.92 Å². The summed E-state index contributed by atoms with van der Waals surface area (Å²) >= 11 is 0. The van der Waals surface area contributed by atoms with Crippen molar-refractivity contribution in [2.45, 2.75) is 37.6 Å². The summed E-state index contributed by atoms with van der Waals surface area (Å²) in [5.41, 5.74) is 0.741. The summed E-state index contributed by atoms with van der Waals surface area (Å²) in [4.78, 5) is 15.6. The van der Waals surface area contributed by atoms with E-state index in [1.54, 1.807) is 13.3 Å². The highest BCUT2D eigenvalue weighted by molar-refractivity contribution is 5.85. The molecule has 2 saturated heterocycles. The van der Waals surface area contributed by atoms with E-state index in [4.69, 9.17) is 4.74 Å². The van der Waals surface area contributed by atoms with Gasteiger partial charge in [-0.05, 0) is 68.8 Å². The van der Waals surface area contributed by atoms with Gasteiger partial charge in [0.05, 0.1) is 7.11 Å². The van der Waals surface area contributed by atoms with Gasteiger partial charge in [0.2, 0.25) is 0 Å². The number of piperidine rings is 2. The number of hydrogen-bond acceptors (Lipinski definition) is 4. The molecule has 2 aliphatic heterocycles. The third-order valence-electron chi connectivity index (χ3n) is 6.37. The normalized spacial score (nSPS) is 19.4. The molecule has 158 valence electrons. The molecule has 2 aliphatic rings. The lowest BCUT2D eigenvalue weighted by Gasteiger charge is -2.42. The van der Waals surface area contributed by atoms with Crippen molar-refractivity contribution in [3.05, 3.63) is 48.3 Å². The highest BCUT2D eigenvalue weighted by atomic mass is 35.5. The second-order valence-corrected chi connectivity index (χ2v) is 7.98. The first kappa shape index (κ1) is 21.7. The smallest absolute Gasteiger partial charge is 0.250 e. The Hall–Kier alpha value is -2.05. The van der Waals surface area contributed by atoms with Gasteiger partial charge in [-0.3, -0.25) is 9.48 Å². The summed E-state index contributed by atoms with van der Waals surface area (Å²) in [5, 5.41) is 7.83. The molecule has 4 rings (SSSR count). The molecule has 0 saturated carbocycles. The van der Waals surface area contributed by atoms with Crippen LogP contribution in [0.15, 0.2) is 42.7 Å². The minimum atomic E-state index is -0.524. The Labute approximate surface area is 179 Å². The van der Waals surface area contributed by atoms with Gasteiger partial charge in [0.25, 0.3) is 5.91 Å². The topological polar surface area (TPSA) is 59.4 Å². The summed E-state index contributed by atoms with van der Waals surface area (Å²) in [7, 11) is 1.73. The zero-order valence-corrected chi connectivity index (χ0v) is 17.9. The van der Waals surface area contributed by atoms with E-state index in [2.05, 4.69) is 27.4 Å². The molecule has 3 heterocycles. The van der Waals surface area contributed by atoms with E-state index in [-0.39, 0.29) is 18.3 Å². The minimum Gasteiger partial charge on any atom is -0.496 e. The van der Waals surface area contributed by atoms with Gasteiger partial charge < -0.3 is 15.0 Å². The fraction of sp³-hybridized carbons (Fsp3) is 0.545. The van der Waals surface area contributed by atoms with Crippen LogP contribution in [0.3, 0.4) is 0 Å². The summed E-state index contributed by atoms with van der Waals surface area (Å²) in [6.45, 7) is 3.37. The van der Waals surface area contributed by atoms with E-state index < -0.39 is 5.54 Å². The maximum absolute atomic E-state index is 13.6. The molecule has 1 aromatic carbocycles. The predicted molar refractivity (Wildman–Crippen MR) is 116 cm³/mol. The van der Waals surface area contributed by atoms with E-state index in [1.807, 2.05) is 29.1 Å². The monoisotopic (exact) mass is 418 g/mol. The number of carbonyl (C=O) groups is 1. The fourth-order valence-corrected chi connectivity index (χ4v) is 4.72. The molecule has 0 bridgehead atoms. The maximum Gasteiger partial charge on any atom is 0.250 e. The van der Waals surface area contributed by atoms with Gasteiger partial charge in [-0.2, -0.15) is 5.10 Å². The van der Waals surface area contributed by atoms with Crippen molar-refractivity contribution >= 4 is 18.3 Å². The third kappa shape index (κ3) is 4.43. The molecule has 0 spiro atoms. The molecule has 6 nitrogen and oxygen atoms in total. The van der Waals surface area contributed by atoms with E-state index in [0.717, 1.165) is 64.0 Å². The molecule has 0 unspecified atom stereocenters. The molecule has 1 aromatic heterocycles. The van der Waals surface area contributed by atoms with Crippen LogP contribution in [-0.2, 0) is 16.8 Å². The zero-order chi connectivity index (χ0) is 19.4. The molecular formula is C22H31ClN4O2. The maximum atomic E-state index is 13.6. The molecule has 7 heteroatoms. The summed E-state index contributed by atoms with van der Waals surface area (Å²) in [6.07, 6.45) is 8.41. The van der Waals surface area contributed by atoms with Crippen LogP contribution in [0.2, 0.25) is 0 Å². The number of likely N-dealkylation sites (tertiary alicyclic amines) is 1. The highest BCUT2D eigenvalue weighted by Crippen LogP contribution is 2.32. The highest BCUT2D eigenvalue weighted by Gasteiger charge is 2.45. The fourth-order valence-electron chi connectivity index (χ4n) is 4.72. The molecule has 1 amide bonds. The Balaban J connectivity index is 0.00000240. The Morgan fingerprint density at radius 1 is 1.21 bits per heavy atom. The van der Waals surface area contributed by atoms with Gasteiger partial charge >= 0.3 is 0 Å². The number of rotatable bonds is 5. The van der Waals surface area contributed by atoms with Crippen molar-refractivity contribution in [3.8, 4) is 5.75 Å². The quantitative estimate of drug-likeness (QED) is 0.811. The number of hydrogen-bond donors (Lipinski definition) is 1. The summed E-state index contributed by atoms with van der Waals surface area (Å²) in [5.74, 6) is 1.80. The summed E-state index contributed by atoms with van der Waals surface area (Å²) < 4.78 is 7.40. The van der Waals surface area contributed by atoms with Crippen molar-refractivity contribution in [2.75, 3.05) is 33.3 Å². The number of ether oxygens (including phenoxy) is 1. The van der Waals surface area contributed by atoms with Crippen molar-refractivity contribution in [1.29, 1.82) is 0 Å². The largest absolute Gasteiger partial charge is 0.496 e. The molecule has 2 aromatic rings. The van der Waals surface area contributed by atoms with Crippen LogP contribution >= 0.6 is 12.4 Å². The number of amides is 1. The first-order chi connectivity index (χ1) is 13.7. The van der Waals surface area contributed by atoms with E-state index in [0.29, 0.717) is 5.92 Å². The number of carbonyl (C=O) groups excluding carboxylic acids is 1. The predicted octanol–water partition coefficient (Wildman–Crippen LogP) is 2.87. The van der Waals surface area contributed by atoms with Gasteiger partial charge in [0.1, 0.15) is 11.3 Å². The molecule has 2 fully saturated rings. The Kier molecular flexibility index (Phi) is 7.19. The van der Waals surface area contributed by atoms with E-state index >= 15 is 0 Å². The Bertz CT molecular complexity index is 782. The van der Waals surface area contributed by atoms with Crippen LogP contribution in [0.4, 0.5) is 0 Å². The molecule has 0 radical (unpaired) electrons. The van der Waals surface area contributed by atoms with Crippen molar-refractivity contribution < 1.29 is 9.53 Å². The Morgan fingerprint density at radius 3 is 2.59 bits per heavy atom. The van der Waals surface area contributed by atoms with Gasteiger partial charge in [-0.1, -0.05) is 18.2 Å². The van der Waals surface area contributed by atoms with Crippen molar-refractivity contribution in [1.82, 2.24) is 20.0 Å². The first-order valence-electron chi connectivity index (χ1n) is 10.3. The molecular weight excluding hydrogens is 388 g/mol. The number of para-hydroxylation sites is 1. The second-order valence-electron chi connectivity index (χ2n) is 7.98. The molecule has 0 atom stereocenters. The lowest BCUT2D eigenvalue weighted by Crippen LogP contribution is -2.57. The molecule has 0 aliphatic carbocycles. The van der Waals surface area contributed by atoms with Gasteiger partial charge in [-0.25, -0.2) is 0 Å². The first-order valence-corrected chi connectivity index (χ1v) is 10.3. The van der Waals surface area contributed by atoms with Crippen LogP contribution in [0, 0.1) is 5.92 Å². The van der Waals surface area contributed by atoms with Gasteiger partial charge in [-0.15, -0.1) is 12.4 Å². The lowest BCUT2D eigenvalue weighted by atomic mass is 9.84. The van der Waals surface area contributed by atoms with Crippen LogP contribution in [-0.4, -0.2) is 53.9 Å². The standard InChI is InChI=1S/C22H30N4O2.ClH/c1-28-20-6-3-2-5-19(20)17-18-7-15-25(16-8-18)21(27)22(9-12-23-13-10-22)26-14-4-11-24-26;/h2-6,11,14,18,23H,7-10,12-13,15-17H2,1H3;1H.